The molecule has 0 spiro atoms. The van der Waals surface area contributed by atoms with Gasteiger partial charge in [-0.05, 0) is 31.5 Å². The molecule has 1 aliphatic heterocycles. The van der Waals surface area contributed by atoms with Crippen molar-refractivity contribution >= 4 is 28.3 Å². The molecule has 154 valence electrons. The first kappa shape index (κ1) is 20.1. The fourth-order valence-electron chi connectivity index (χ4n) is 3.76. The molecule has 3 heterocycles. The van der Waals surface area contributed by atoms with E-state index in [2.05, 4.69) is 25.2 Å². The van der Waals surface area contributed by atoms with Gasteiger partial charge in [0.2, 0.25) is 11.8 Å². The Kier molecular flexibility index (Phi) is 6.10. The molecule has 2 amide bonds. The predicted molar refractivity (Wildman–Crippen MR) is 115 cm³/mol. The Bertz CT molecular complexity index is 1040. The van der Waals surface area contributed by atoms with Gasteiger partial charge in [0.15, 0.2) is 5.13 Å². The topological polar surface area (TPSA) is 114 Å². The van der Waals surface area contributed by atoms with Gasteiger partial charge in [-0.25, -0.2) is 4.98 Å². The lowest BCUT2D eigenvalue weighted by molar-refractivity contribution is -0.117. The van der Waals surface area contributed by atoms with Crippen molar-refractivity contribution in [2.45, 2.75) is 18.8 Å². The number of likely N-dealkylation sites (tertiary alicyclic amines) is 1. The predicted octanol–water partition coefficient (Wildman–Crippen LogP) is 2.52. The van der Waals surface area contributed by atoms with E-state index in [-0.39, 0.29) is 11.8 Å². The molecular formula is C21H22N6O2S. The van der Waals surface area contributed by atoms with Crippen molar-refractivity contribution in [3.05, 3.63) is 59.5 Å². The van der Waals surface area contributed by atoms with Gasteiger partial charge in [-0.2, -0.15) is 0 Å². The summed E-state index contributed by atoms with van der Waals surface area (Å²) in [5.74, 6) is -0.399. The summed E-state index contributed by atoms with van der Waals surface area (Å²) in [7, 11) is 0. The molecule has 1 fully saturated rings. The molecule has 3 aromatic rings. The van der Waals surface area contributed by atoms with Crippen LogP contribution >= 0.6 is 11.3 Å². The van der Waals surface area contributed by atoms with Gasteiger partial charge < -0.3 is 11.1 Å². The molecule has 0 bridgehead atoms. The van der Waals surface area contributed by atoms with Crippen molar-refractivity contribution in [2.24, 2.45) is 5.73 Å². The maximum atomic E-state index is 12.4. The number of rotatable bonds is 6. The zero-order valence-corrected chi connectivity index (χ0v) is 17.1. The lowest BCUT2D eigenvalue weighted by Crippen LogP contribution is -2.40. The van der Waals surface area contributed by atoms with E-state index < -0.39 is 5.91 Å². The quantitative estimate of drug-likeness (QED) is 0.631. The van der Waals surface area contributed by atoms with Gasteiger partial charge in [-0.15, -0.1) is 11.3 Å². The van der Waals surface area contributed by atoms with Crippen LogP contribution in [0.15, 0.2) is 48.2 Å². The Morgan fingerprint density at radius 3 is 2.87 bits per heavy atom. The van der Waals surface area contributed by atoms with E-state index in [0.717, 1.165) is 36.3 Å². The Hall–Kier alpha value is -3.17. The number of thiazole rings is 1. The first-order chi connectivity index (χ1) is 14.6. The number of nitrogens with zero attached hydrogens (tertiary/aromatic N) is 4. The summed E-state index contributed by atoms with van der Waals surface area (Å²) in [6.07, 6.45) is 6.93. The zero-order valence-electron chi connectivity index (χ0n) is 16.3. The molecule has 0 saturated carbocycles. The summed E-state index contributed by atoms with van der Waals surface area (Å²) in [5, 5.41) is 5.27. The normalized spacial score (nSPS) is 16.9. The van der Waals surface area contributed by atoms with E-state index in [1.54, 1.807) is 36.8 Å². The Morgan fingerprint density at radius 2 is 2.07 bits per heavy atom. The van der Waals surface area contributed by atoms with Crippen LogP contribution in [0.25, 0.3) is 11.3 Å². The number of benzene rings is 1. The van der Waals surface area contributed by atoms with Crippen LogP contribution in [0.5, 0.6) is 0 Å². The molecule has 1 atom stereocenters. The van der Waals surface area contributed by atoms with Crippen molar-refractivity contribution in [2.75, 3.05) is 25.0 Å². The Labute approximate surface area is 178 Å². The summed E-state index contributed by atoms with van der Waals surface area (Å²) >= 11 is 1.40. The van der Waals surface area contributed by atoms with Crippen molar-refractivity contribution in [3.8, 4) is 11.3 Å². The molecule has 2 aromatic heterocycles. The molecule has 1 aromatic carbocycles. The standard InChI is InChI=1S/C21H22N6O2S/c22-20(29)15-4-1-3-14(11-15)18-19(24-7-6-23-18)16-5-2-9-27(12-16)13-17(28)26-21-25-8-10-30-21/h1,3-4,6-8,10-11,16H,2,5,9,12-13H2,(H2,22,29)(H,25,26,28)/t16-/m1/s1. The third kappa shape index (κ3) is 4.69. The number of amides is 2. The summed E-state index contributed by atoms with van der Waals surface area (Å²) in [5.41, 5.74) is 8.31. The monoisotopic (exact) mass is 422 g/mol. The van der Waals surface area contributed by atoms with Gasteiger partial charge in [-0.3, -0.25) is 24.5 Å². The minimum atomic E-state index is -0.475. The molecule has 1 aliphatic rings. The number of carbonyl (C=O) groups excluding carboxylic acids is 2. The third-order valence-electron chi connectivity index (χ3n) is 5.09. The maximum absolute atomic E-state index is 12.4. The van der Waals surface area contributed by atoms with Crippen LogP contribution in [0.3, 0.4) is 0 Å². The lowest BCUT2D eigenvalue weighted by atomic mass is 9.91. The van der Waals surface area contributed by atoms with E-state index in [0.29, 0.717) is 23.8 Å². The third-order valence-corrected chi connectivity index (χ3v) is 5.77. The van der Waals surface area contributed by atoms with Crippen LogP contribution in [0.2, 0.25) is 0 Å². The molecule has 0 aliphatic carbocycles. The second-order valence-electron chi connectivity index (χ2n) is 7.19. The van der Waals surface area contributed by atoms with Crippen LogP contribution < -0.4 is 11.1 Å². The summed E-state index contributed by atoms with van der Waals surface area (Å²) in [4.78, 5) is 39.3. The number of aromatic nitrogens is 3. The van der Waals surface area contributed by atoms with Crippen molar-refractivity contribution in [1.82, 2.24) is 19.9 Å². The summed E-state index contributed by atoms with van der Waals surface area (Å²) < 4.78 is 0. The highest BCUT2D eigenvalue weighted by Crippen LogP contribution is 2.32. The fourth-order valence-corrected chi connectivity index (χ4v) is 4.30. The maximum Gasteiger partial charge on any atom is 0.248 e. The molecule has 3 N–H and O–H groups in total. The number of hydrogen-bond donors (Lipinski definition) is 2. The summed E-state index contributed by atoms with van der Waals surface area (Å²) in [6.45, 7) is 1.88. The number of nitrogens with one attached hydrogen (secondary N) is 1. The molecule has 1 saturated heterocycles. The van der Waals surface area contributed by atoms with Crippen molar-refractivity contribution < 1.29 is 9.59 Å². The van der Waals surface area contributed by atoms with Crippen molar-refractivity contribution in [3.63, 3.8) is 0 Å². The summed E-state index contributed by atoms with van der Waals surface area (Å²) in [6, 6.07) is 7.13. The number of piperidine rings is 1. The highest BCUT2D eigenvalue weighted by Gasteiger charge is 2.26. The largest absolute Gasteiger partial charge is 0.366 e. The molecule has 8 nitrogen and oxygen atoms in total. The molecule has 0 radical (unpaired) electrons. The van der Waals surface area contributed by atoms with Gasteiger partial charge in [0, 0.05) is 47.6 Å². The number of primary amides is 1. The van der Waals surface area contributed by atoms with Gasteiger partial charge in [0.05, 0.1) is 17.9 Å². The number of hydrogen-bond acceptors (Lipinski definition) is 7. The highest BCUT2D eigenvalue weighted by molar-refractivity contribution is 7.13. The number of carbonyl (C=O) groups is 2. The average Bonchev–Trinajstić information content (AvgIpc) is 3.27. The first-order valence-corrected chi connectivity index (χ1v) is 10.6. The van der Waals surface area contributed by atoms with E-state index in [4.69, 9.17) is 5.73 Å². The molecule has 9 heteroatoms. The average molecular weight is 423 g/mol. The second-order valence-corrected chi connectivity index (χ2v) is 8.09. The van der Waals surface area contributed by atoms with Gasteiger partial charge in [-0.1, -0.05) is 12.1 Å². The molecular weight excluding hydrogens is 400 g/mol. The van der Waals surface area contributed by atoms with E-state index in [9.17, 15) is 9.59 Å². The SMILES string of the molecule is NC(=O)c1cccc(-c2nccnc2[C@@H]2CCCN(CC(=O)Nc3nccs3)C2)c1. The Balaban J connectivity index is 1.51. The van der Waals surface area contributed by atoms with E-state index in [1.807, 2.05) is 11.4 Å². The van der Waals surface area contributed by atoms with E-state index >= 15 is 0 Å². The number of anilines is 1. The number of nitrogens with two attached hydrogens (primary N) is 1. The van der Waals surface area contributed by atoms with Crippen molar-refractivity contribution in [1.29, 1.82) is 0 Å². The molecule has 4 rings (SSSR count). The first-order valence-electron chi connectivity index (χ1n) is 9.73. The zero-order chi connectivity index (χ0) is 20.9. The molecule has 0 unspecified atom stereocenters. The van der Waals surface area contributed by atoms with Crippen LogP contribution in [-0.4, -0.2) is 51.3 Å². The van der Waals surface area contributed by atoms with Crippen LogP contribution in [0.4, 0.5) is 5.13 Å². The highest BCUT2D eigenvalue weighted by atomic mass is 32.1. The fraction of sp³-hybridized carbons (Fsp3) is 0.286. The minimum Gasteiger partial charge on any atom is -0.366 e. The van der Waals surface area contributed by atoms with Gasteiger partial charge in [0.1, 0.15) is 0 Å². The van der Waals surface area contributed by atoms with Gasteiger partial charge >= 0.3 is 0 Å². The Morgan fingerprint density at radius 1 is 1.20 bits per heavy atom. The van der Waals surface area contributed by atoms with Crippen LogP contribution in [0.1, 0.15) is 34.8 Å². The smallest absolute Gasteiger partial charge is 0.248 e. The van der Waals surface area contributed by atoms with Crippen LogP contribution in [-0.2, 0) is 4.79 Å². The lowest BCUT2D eigenvalue weighted by Gasteiger charge is -2.32. The second kappa shape index (κ2) is 9.10. The minimum absolute atomic E-state index is 0.0703. The van der Waals surface area contributed by atoms with Crippen LogP contribution in [0, 0.1) is 0 Å². The van der Waals surface area contributed by atoms with E-state index in [1.165, 1.54) is 11.3 Å². The molecule has 30 heavy (non-hydrogen) atoms. The van der Waals surface area contributed by atoms with Gasteiger partial charge in [0.25, 0.3) is 0 Å².